The number of hydrogen-bond acceptors (Lipinski definition) is 4. The molecular formula is C21H29N3O4. The highest BCUT2D eigenvalue weighted by molar-refractivity contribution is 5.84. The van der Waals surface area contributed by atoms with E-state index in [4.69, 9.17) is 4.74 Å². The Hall–Kier alpha value is -2.57. The van der Waals surface area contributed by atoms with Crippen molar-refractivity contribution < 1.29 is 19.1 Å². The molecule has 2 saturated heterocycles. The van der Waals surface area contributed by atoms with Crippen LogP contribution >= 0.6 is 0 Å². The molecule has 2 heterocycles. The highest BCUT2D eigenvalue weighted by Gasteiger charge is 2.33. The van der Waals surface area contributed by atoms with E-state index in [-0.39, 0.29) is 23.6 Å². The van der Waals surface area contributed by atoms with Gasteiger partial charge < -0.3 is 19.4 Å². The highest BCUT2D eigenvalue weighted by Crippen LogP contribution is 2.21. The Balaban J connectivity index is 1.52. The van der Waals surface area contributed by atoms with Crippen LogP contribution in [0.2, 0.25) is 0 Å². The van der Waals surface area contributed by atoms with E-state index in [1.165, 1.54) is 0 Å². The fraction of sp³-hybridized carbons (Fsp3) is 0.571. The van der Waals surface area contributed by atoms with E-state index in [2.05, 4.69) is 0 Å². The van der Waals surface area contributed by atoms with E-state index < -0.39 is 0 Å². The monoisotopic (exact) mass is 387 g/mol. The largest absolute Gasteiger partial charge is 0.497 e. The third-order valence-corrected chi connectivity index (χ3v) is 5.72. The van der Waals surface area contributed by atoms with Crippen molar-refractivity contribution >= 4 is 17.7 Å². The van der Waals surface area contributed by atoms with Gasteiger partial charge in [0.1, 0.15) is 5.75 Å². The zero-order chi connectivity index (χ0) is 20.1. The predicted molar refractivity (Wildman–Crippen MR) is 105 cm³/mol. The van der Waals surface area contributed by atoms with Crippen LogP contribution in [0, 0.1) is 5.92 Å². The molecule has 0 aromatic heterocycles. The lowest BCUT2D eigenvalue weighted by molar-refractivity contribution is -0.146. The summed E-state index contributed by atoms with van der Waals surface area (Å²) in [4.78, 5) is 42.1. The molecule has 2 fully saturated rings. The van der Waals surface area contributed by atoms with Crippen LogP contribution in [0.5, 0.6) is 5.75 Å². The molecule has 7 heteroatoms. The minimum absolute atomic E-state index is 0.0556. The number of amides is 3. The van der Waals surface area contributed by atoms with Crippen LogP contribution in [0.15, 0.2) is 24.3 Å². The summed E-state index contributed by atoms with van der Waals surface area (Å²) in [5.74, 6) is 0.968. The second-order valence-electron chi connectivity index (χ2n) is 7.50. The summed E-state index contributed by atoms with van der Waals surface area (Å²) in [5, 5.41) is 0. The van der Waals surface area contributed by atoms with Gasteiger partial charge >= 0.3 is 0 Å². The van der Waals surface area contributed by atoms with E-state index in [0.29, 0.717) is 52.1 Å². The van der Waals surface area contributed by atoms with Gasteiger partial charge in [-0.2, -0.15) is 0 Å². The number of carbonyl (C=O) groups is 3. The molecule has 1 unspecified atom stereocenters. The van der Waals surface area contributed by atoms with Crippen molar-refractivity contribution in [3.8, 4) is 5.75 Å². The lowest BCUT2D eigenvalue weighted by atomic mass is 9.95. The summed E-state index contributed by atoms with van der Waals surface area (Å²) in [5.41, 5.74) is 1.14. The Kier molecular flexibility index (Phi) is 6.54. The number of carbonyl (C=O) groups excluding carboxylic acids is 3. The molecule has 2 aliphatic rings. The van der Waals surface area contributed by atoms with Crippen molar-refractivity contribution in [2.45, 2.75) is 26.2 Å². The maximum Gasteiger partial charge on any atom is 0.227 e. The Morgan fingerprint density at radius 2 is 1.71 bits per heavy atom. The molecule has 0 N–H and O–H groups in total. The van der Waals surface area contributed by atoms with Gasteiger partial charge in [0.05, 0.1) is 13.0 Å². The average molecular weight is 387 g/mol. The van der Waals surface area contributed by atoms with Crippen molar-refractivity contribution in [2.24, 2.45) is 5.92 Å². The Morgan fingerprint density at radius 1 is 1.07 bits per heavy atom. The van der Waals surface area contributed by atoms with Crippen molar-refractivity contribution in [1.82, 2.24) is 14.7 Å². The average Bonchev–Trinajstić information content (AvgIpc) is 2.73. The van der Waals surface area contributed by atoms with Gasteiger partial charge in [0.25, 0.3) is 0 Å². The quantitative estimate of drug-likeness (QED) is 0.760. The SMILES string of the molecule is COc1ccc(CCN2CC(C(=O)N3CCN(C(C)=O)CC3)CCC2=O)cc1. The smallest absolute Gasteiger partial charge is 0.227 e. The van der Waals surface area contributed by atoms with Crippen LogP contribution in [-0.2, 0) is 20.8 Å². The maximum atomic E-state index is 12.9. The van der Waals surface area contributed by atoms with Gasteiger partial charge in [-0.25, -0.2) is 0 Å². The van der Waals surface area contributed by atoms with Gasteiger partial charge in [-0.05, 0) is 30.5 Å². The zero-order valence-electron chi connectivity index (χ0n) is 16.7. The third-order valence-electron chi connectivity index (χ3n) is 5.72. The Labute approximate surface area is 166 Å². The van der Waals surface area contributed by atoms with Crippen LogP contribution in [0.4, 0.5) is 0 Å². The van der Waals surface area contributed by atoms with Crippen LogP contribution in [-0.4, -0.2) is 78.8 Å². The topological polar surface area (TPSA) is 70.2 Å². The van der Waals surface area contributed by atoms with Gasteiger partial charge in [0, 0.05) is 52.6 Å². The molecule has 0 bridgehead atoms. The van der Waals surface area contributed by atoms with E-state index in [9.17, 15) is 14.4 Å². The van der Waals surface area contributed by atoms with Crippen LogP contribution < -0.4 is 4.74 Å². The Bertz CT molecular complexity index is 711. The highest BCUT2D eigenvalue weighted by atomic mass is 16.5. The normalized spacial score (nSPS) is 20.3. The first-order chi connectivity index (χ1) is 13.5. The zero-order valence-corrected chi connectivity index (χ0v) is 16.7. The molecule has 0 radical (unpaired) electrons. The molecular weight excluding hydrogens is 358 g/mol. The van der Waals surface area contributed by atoms with Crippen LogP contribution in [0.1, 0.15) is 25.3 Å². The van der Waals surface area contributed by atoms with E-state index >= 15 is 0 Å². The van der Waals surface area contributed by atoms with E-state index in [1.807, 2.05) is 34.1 Å². The van der Waals surface area contributed by atoms with Gasteiger partial charge in [0.15, 0.2) is 0 Å². The standard InChI is InChI=1S/C21H29N3O4/c1-16(25)22-11-13-23(14-12-22)21(27)18-5-8-20(26)24(15-18)10-9-17-3-6-19(28-2)7-4-17/h3-4,6-7,18H,5,8-15H2,1-2H3. The summed E-state index contributed by atoms with van der Waals surface area (Å²) < 4.78 is 5.17. The molecule has 3 rings (SSSR count). The summed E-state index contributed by atoms with van der Waals surface area (Å²) in [6, 6.07) is 7.84. The van der Waals surface area contributed by atoms with Gasteiger partial charge in [0.2, 0.25) is 17.7 Å². The van der Waals surface area contributed by atoms with Gasteiger partial charge in [-0.1, -0.05) is 12.1 Å². The number of benzene rings is 1. The lowest BCUT2D eigenvalue weighted by Gasteiger charge is -2.38. The number of piperidine rings is 1. The number of nitrogens with zero attached hydrogens (tertiary/aromatic N) is 3. The molecule has 0 aliphatic carbocycles. The Morgan fingerprint density at radius 3 is 2.32 bits per heavy atom. The first-order valence-electron chi connectivity index (χ1n) is 9.93. The minimum Gasteiger partial charge on any atom is -0.497 e. The van der Waals surface area contributed by atoms with Crippen molar-refractivity contribution in [3.05, 3.63) is 29.8 Å². The molecule has 0 saturated carbocycles. The van der Waals surface area contributed by atoms with E-state index in [0.717, 1.165) is 17.7 Å². The summed E-state index contributed by atoms with van der Waals surface area (Å²) in [6.45, 7) is 5.00. The fourth-order valence-corrected chi connectivity index (χ4v) is 3.89. The van der Waals surface area contributed by atoms with Crippen LogP contribution in [0.3, 0.4) is 0 Å². The molecule has 0 spiro atoms. The molecule has 152 valence electrons. The minimum atomic E-state index is -0.141. The molecule has 1 aromatic carbocycles. The second kappa shape index (κ2) is 9.08. The van der Waals surface area contributed by atoms with Crippen molar-refractivity contribution in [2.75, 3.05) is 46.4 Å². The summed E-state index contributed by atoms with van der Waals surface area (Å²) >= 11 is 0. The molecule has 28 heavy (non-hydrogen) atoms. The fourth-order valence-electron chi connectivity index (χ4n) is 3.89. The van der Waals surface area contributed by atoms with Crippen molar-refractivity contribution in [3.63, 3.8) is 0 Å². The van der Waals surface area contributed by atoms with Crippen molar-refractivity contribution in [1.29, 1.82) is 0 Å². The first kappa shape index (κ1) is 20.2. The van der Waals surface area contributed by atoms with Gasteiger partial charge in [-0.15, -0.1) is 0 Å². The molecule has 1 atom stereocenters. The first-order valence-corrected chi connectivity index (χ1v) is 9.93. The third kappa shape index (κ3) is 4.82. The number of piperazine rings is 1. The molecule has 3 amide bonds. The molecule has 7 nitrogen and oxygen atoms in total. The summed E-state index contributed by atoms with van der Waals surface area (Å²) in [7, 11) is 1.64. The number of hydrogen-bond donors (Lipinski definition) is 0. The predicted octanol–water partition coefficient (Wildman–Crippen LogP) is 1.17. The lowest BCUT2D eigenvalue weighted by Crippen LogP contribution is -2.54. The summed E-state index contributed by atoms with van der Waals surface area (Å²) in [6.07, 6.45) is 1.80. The molecule has 2 aliphatic heterocycles. The maximum absolute atomic E-state index is 12.9. The second-order valence-corrected chi connectivity index (χ2v) is 7.50. The number of rotatable bonds is 5. The van der Waals surface area contributed by atoms with Crippen LogP contribution in [0.25, 0.3) is 0 Å². The van der Waals surface area contributed by atoms with E-state index in [1.54, 1.807) is 18.9 Å². The number of methoxy groups -OCH3 is 1. The van der Waals surface area contributed by atoms with Gasteiger partial charge in [-0.3, -0.25) is 14.4 Å². The number of likely N-dealkylation sites (tertiary alicyclic amines) is 1. The molecule has 1 aromatic rings. The number of ether oxygens (including phenoxy) is 1.